The van der Waals surface area contributed by atoms with Gasteiger partial charge in [-0.05, 0) is 33.0 Å². The van der Waals surface area contributed by atoms with Crippen LogP contribution < -0.4 is 0 Å². The van der Waals surface area contributed by atoms with Crippen LogP contribution in [0.1, 0.15) is 23.2 Å². The van der Waals surface area contributed by atoms with Gasteiger partial charge in [0.25, 0.3) is 10.0 Å². The molecule has 0 atom stereocenters. The van der Waals surface area contributed by atoms with Crippen LogP contribution in [0.2, 0.25) is 0 Å². The topological polar surface area (TPSA) is 77.9 Å². The van der Waals surface area contributed by atoms with Crippen molar-refractivity contribution in [2.24, 2.45) is 0 Å². The van der Waals surface area contributed by atoms with Gasteiger partial charge in [0, 0.05) is 24.5 Å². The number of nitrogens with zero attached hydrogens (tertiary/aromatic N) is 2. The minimum absolute atomic E-state index is 0.0248. The Bertz CT molecular complexity index is 586. The summed E-state index contributed by atoms with van der Waals surface area (Å²) in [6.45, 7) is 0.955. The van der Waals surface area contributed by atoms with Gasteiger partial charge < -0.3 is 10.0 Å². The molecule has 1 aliphatic rings. The molecule has 1 aromatic heterocycles. The summed E-state index contributed by atoms with van der Waals surface area (Å²) in [4.78, 5) is 12.9. The van der Waals surface area contributed by atoms with Gasteiger partial charge in [-0.1, -0.05) is 0 Å². The number of hydrogen-bond acceptors (Lipinski definition) is 5. The second-order valence-corrected chi connectivity index (χ2v) is 8.13. The van der Waals surface area contributed by atoms with Crippen LogP contribution >= 0.6 is 11.3 Å². The molecule has 112 valence electrons. The third kappa shape index (κ3) is 3.03. The summed E-state index contributed by atoms with van der Waals surface area (Å²) in [6, 6.07) is 1.64. The summed E-state index contributed by atoms with van der Waals surface area (Å²) >= 11 is 0.965. The average Bonchev–Trinajstić information content (AvgIpc) is 2.89. The number of carboxylic acids is 1. The molecule has 20 heavy (non-hydrogen) atoms. The maximum Gasteiger partial charge on any atom is 0.336 e. The molecule has 2 rings (SSSR count). The van der Waals surface area contributed by atoms with Crippen molar-refractivity contribution in [3.8, 4) is 0 Å². The molecule has 1 saturated heterocycles. The third-order valence-corrected chi connectivity index (χ3v) is 6.88. The van der Waals surface area contributed by atoms with Crippen molar-refractivity contribution in [1.82, 2.24) is 9.21 Å². The highest BCUT2D eigenvalue weighted by molar-refractivity contribution is 7.91. The molecule has 0 saturated carbocycles. The van der Waals surface area contributed by atoms with Crippen LogP contribution in [-0.2, 0) is 10.0 Å². The zero-order valence-electron chi connectivity index (χ0n) is 11.4. The van der Waals surface area contributed by atoms with Crippen LogP contribution in [0.4, 0.5) is 0 Å². The molecule has 0 spiro atoms. The lowest BCUT2D eigenvalue weighted by atomic mass is 10.1. The summed E-state index contributed by atoms with van der Waals surface area (Å²) in [5, 5.41) is 10.2. The normalized spacial score (nSPS) is 18.6. The first-order valence-electron chi connectivity index (χ1n) is 6.31. The molecule has 2 heterocycles. The number of carboxylic acid groups (broad SMARTS) is 1. The van der Waals surface area contributed by atoms with Gasteiger partial charge in [0.2, 0.25) is 0 Å². The molecule has 1 aliphatic heterocycles. The van der Waals surface area contributed by atoms with Crippen LogP contribution in [-0.4, -0.2) is 61.9 Å². The van der Waals surface area contributed by atoms with Crippen LogP contribution in [0, 0.1) is 0 Å². The highest BCUT2D eigenvalue weighted by atomic mass is 32.2. The monoisotopic (exact) mass is 318 g/mol. The van der Waals surface area contributed by atoms with Gasteiger partial charge in [0.15, 0.2) is 0 Å². The van der Waals surface area contributed by atoms with Crippen molar-refractivity contribution in [2.45, 2.75) is 23.1 Å². The van der Waals surface area contributed by atoms with Crippen LogP contribution in [0.25, 0.3) is 0 Å². The van der Waals surface area contributed by atoms with E-state index in [0.29, 0.717) is 19.1 Å². The lowest BCUT2D eigenvalue weighted by molar-refractivity contribution is 0.0697. The van der Waals surface area contributed by atoms with Crippen molar-refractivity contribution >= 4 is 27.3 Å². The minimum atomic E-state index is -3.55. The van der Waals surface area contributed by atoms with Crippen molar-refractivity contribution < 1.29 is 18.3 Å². The van der Waals surface area contributed by atoms with Gasteiger partial charge in [0.05, 0.1) is 5.56 Å². The van der Waals surface area contributed by atoms with E-state index in [-0.39, 0.29) is 9.77 Å². The fraction of sp³-hybridized carbons (Fsp3) is 0.583. The third-order valence-electron chi connectivity index (χ3n) is 3.57. The first-order valence-corrected chi connectivity index (χ1v) is 8.62. The van der Waals surface area contributed by atoms with E-state index in [2.05, 4.69) is 4.90 Å². The van der Waals surface area contributed by atoms with Gasteiger partial charge in [-0.15, -0.1) is 11.3 Å². The Kier molecular flexibility index (Phi) is 4.48. The summed E-state index contributed by atoms with van der Waals surface area (Å²) in [7, 11) is 0.433. The van der Waals surface area contributed by atoms with Crippen LogP contribution in [0.3, 0.4) is 0 Å². The molecule has 8 heteroatoms. The largest absolute Gasteiger partial charge is 0.478 e. The molecule has 0 aliphatic carbocycles. The summed E-state index contributed by atoms with van der Waals surface area (Å²) in [5.41, 5.74) is 0.0248. The summed E-state index contributed by atoms with van der Waals surface area (Å²) < 4.78 is 26.4. The number of carbonyl (C=O) groups is 1. The number of aromatic carboxylic acids is 1. The maximum atomic E-state index is 12.4. The number of thiophene rings is 1. The highest BCUT2D eigenvalue weighted by Crippen LogP contribution is 2.27. The Balaban J connectivity index is 2.13. The van der Waals surface area contributed by atoms with Gasteiger partial charge in [0.1, 0.15) is 4.21 Å². The maximum absolute atomic E-state index is 12.4. The predicted octanol–water partition coefficient (Wildman–Crippen LogP) is 1.16. The van der Waals surface area contributed by atoms with Gasteiger partial charge in [-0.2, -0.15) is 4.31 Å². The molecule has 0 radical (unpaired) electrons. The second-order valence-electron chi connectivity index (χ2n) is 5.06. The molecule has 0 amide bonds. The van der Waals surface area contributed by atoms with E-state index in [1.54, 1.807) is 0 Å². The highest BCUT2D eigenvalue weighted by Gasteiger charge is 2.31. The van der Waals surface area contributed by atoms with Crippen molar-refractivity contribution in [3.05, 3.63) is 17.0 Å². The molecule has 0 bridgehead atoms. The molecule has 1 N–H and O–H groups in total. The Morgan fingerprint density at radius 1 is 1.40 bits per heavy atom. The van der Waals surface area contributed by atoms with E-state index in [9.17, 15) is 13.2 Å². The van der Waals surface area contributed by atoms with Gasteiger partial charge >= 0.3 is 5.97 Å². The number of piperidine rings is 1. The number of rotatable bonds is 4. The molecule has 0 aromatic carbocycles. The quantitative estimate of drug-likeness (QED) is 0.901. The van der Waals surface area contributed by atoms with E-state index >= 15 is 0 Å². The molecular weight excluding hydrogens is 300 g/mol. The van der Waals surface area contributed by atoms with E-state index in [1.807, 2.05) is 14.1 Å². The van der Waals surface area contributed by atoms with Crippen LogP contribution in [0.15, 0.2) is 15.7 Å². The smallest absolute Gasteiger partial charge is 0.336 e. The minimum Gasteiger partial charge on any atom is -0.478 e. The molecule has 1 aromatic rings. The Morgan fingerprint density at radius 2 is 2.00 bits per heavy atom. The lowest BCUT2D eigenvalue weighted by Crippen LogP contribution is -2.44. The average molecular weight is 318 g/mol. The Labute approximate surface area is 122 Å². The second kappa shape index (κ2) is 5.80. The van der Waals surface area contributed by atoms with Gasteiger partial charge in [-0.25, -0.2) is 13.2 Å². The SMILES string of the molecule is CN(C)C1CCN(S(=O)(=O)c2cc(C(=O)O)cs2)CC1. The van der Waals surface area contributed by atoms with Crippen LogP contribution in [0.5, 0.6) is 0 Å². The van der Waals surface area contributed by atoms with Crippen molar-refractivity contribution in [2.75, 3.05) is 27.2 Å². The van der Waals surface area contributed by atoms with Gasteiger partial charge in [-0.3, -0.25) is 0 Å². The fourth-order valence-corrected chi connectivity index (χ4v) is 5.07. The fourth-order valence-electron chi connectivity index (χ4n) is 2.29. The molecular formula is C12H18N2O4S2. The molecule has 1 fully saturated rings. The first-order chi connectivity index (χ1) is 9.32. The standard InChI is InChI=1S/C12H18N2O4S2/c1-13(2)10-3-5-14(6-4-10)20(17,18)11-7-9(8-19-11)12(15)16/h7-8,10H,3-6H2,1-2H3,(H,15,16). The summed E-state index contributed by atoms with van der Waals surface area (Å²) in [5.74, 6) is -1.10. The zero-order chi connectivity index (χ0) is 14.9. The number of hydrogen-bond donors (Lipinski definition) is 1. The number of sulfonamides is 1. The molecule has 0 unspecified atom stereocenters. The first kappa shape index (κ1) is 15.4. The van der Waals surface area contributed by atoms with E-state index in [4.69, 9.17) is 5.11 Å². The van der Waals surface area contributed by atoms with E-state index in [0.717, 1.165) is 24.2 Å². The van der Waals surface area contributed by atoms with E-state index in [1.165, 1.54) is 15.8 Å². The molecule has 6 nitrogen and oxygen atoms in total. The Hall–Kier alpha value is -0.960. The van der Waals surface area contributed by atoms with E-state index < -0.39 is 16.0 Å². The zero-order valence-corrected chi connectivity index (χ0v) is 13.1. The lowest BCUT2D eigenvalue weighted by Gasteiger charge is -2.34. The van der Waals surface area contributed by atoms with Crippen molar-refractivity contribution in [1.29, 1.82) is 0 Å². The predicted molar refractivity (Wildman–Crippen MR) is 76.7 cm³/mol. The van der Waals surface area contributed by atoms with Crippen molar-refractivity contribution in [3.63, 3.8) is 0 Å². The Morgan fingerprint density at radius 3 is 2.45 bits per heavy atom. The summed E-state index contributed by atoms with van der Waals surface area (Å²) in [6.07, 6.45) is 1.59.